The van der Waals surface area contributed by atoms with Crippen molar-refractivity contribution in [2.45, 2.75) is 19.4 Å². The van der Waals surface area contributed by atoms with Crippen molar-refractivity contribution < 1.29 is 9.18 Å². The molecule has 5 nitrogen and oxygen atoms in total. The van der Waals surface area contributed by atoms with Gasteiger partial charge in [0.25, 0.3) is 0 Å². The van der Waals surface area contributed by atoms with E-state index in [0.29, 0.717) is 0 Å². The number of amides is 1. The van der Waals surface area contributed by atoms with Crippen molar-refractivity contribution in [3.8, 4) is 0 Å². The zero-order chi connectivity index (χ0) is 20.4. The summed E-state index contributed by atoms with van der Waals surface area (Å²) in [6, 6.07) is 12.7. The van der Waals surface area contributed by atoms with Crippen LogP contribution < -0.4 is 4.90 Å². The summed E-state index contributed by atoms with van der Waals surface area (Å²) in [7, 11) is 3.72. The summed E-state index contributed by atoms with van der Waals surface area (Å²) in [6.45, 7) is 4.15. The molecule has 0 aliphatic carbocycles. The van der Waals surface area contributed by atoms with Crippen LogP contribution in [-0.4, -0.2) is 61.0 Å². The van der Waals surface area contributed by atoms with Gasteiger partial charge in [0.15, 0.2) is 0 Å². The van der Waals surface area contributed by atoms with Crippen molar-refractivity contribution in [3.63, 3.8) is 0 Å². The maximum absolute atomic E-state index is 13.4. The van der Waals surface area contributed by atoms with E-state index in [4.69, 9.17) is 0 Å². The number of carbonyl (C=O) groups is 1. The highest BCUT2D eigenvalue weighted by molar-refractivity contribution is 5.84. The number of fused-ring (bicyclic) bond motifs is 1. The predicted molar refractivity (Wildman–Crippen MR) is 112 cm³/mol. The molecule has 3 heterocycles. The first kappa shape index (κ1) is 19.8. The Kier molecular flexibility index (Phi) is 5.54. The number of carbonyl (C=O) groups excluding carboxylic acids is 1. The van der Waals surface area contributed by atoms with Crippen LogP contribution in [0.15, 0.2) is 48.7 Å². The summed E-state index contributed by atoms with van der Waals surface area (Å²) in [5.74, 6) is 1.20. The highest BCUT2D eigenvalue weighted by Gasteiger charge is 2.53. The van der Waals surface area contributed by atoms with Crippen molar-refractivity contribution in [2.24, 2.45) is 11.3 Å². The number of likely N-dealkylation sites (tertiary alicyclic amines) is 1. The first-order chi connectivity index (χ1) is 14.0. The lowest BCUT2D eigenvalue weighted by Crippen LogP contribution is -2.47. The summed E-state index contributed by atoms with van der Waals surface area (Å²) in [5.41, 5.74) is 0.732. The van der Waals surface area contributed by atoms with Crippen LogP contribution in [0, 0.1) is 17.2 Å². The van der Waals surface area contributed by atoms with E-state index in [9.17, 15) is 9.18 Å². The van der Waals surface area contributed by atoms with Gasteiger partial charge in [-0.1, -0.05) is 18.2 Å². The number of pyridine rings is 1. The molecule has 2 aliphatic heterocycles. The lowest BCUT2D eigenvalue weighted by atomic mass is 9.74. The van der Waals surface area contributed by atoms with E-state index in [1.54, 1.807) is 4.90 Å². The molecule has 0 bridgehead atoms. The minimum Gasteiger partial charge on any atom is -0.355 e. The normalized spacial score (nSPS) is 24.8. The van der Waals surface area contributed by atoms with Gasteiger partial charge in [0.2, 0.25) is 5.91 Å². The average molecular weight is 397 g/mol. The van der Waals surface area contributed by atoms with Gasteiger partial charge in [0.05, 0.1) is 5.41 Å². The van der Waals surface area contributed by atoms with Crippen LogP contribution in [0.1, 0.15) is 18.4 Å². The predicted octanol–water partition coefficient (Wildman–Crippen LogP) is 3.03. The molecule has 1 aromatic heterocycles. The van der Waals surface area contributed by atoms with Crippen LogP contribution in [-0.2, 0) is 11.3 Å². The van der Waals surface area contributed by atoms with Gasteiger partial charge >= 0.3 is 0 Å². The van der Waals surface area contributed by atoms with Gasteiger partial charge in [0.1, 0.15) is 11.6 Å². The fourth-order valence-electron chi connectivity index (χ4n) is 5.01. The molecule has 2 aliphatic rings. The second-order valence-electron chi connectivity index (χ2n) is 8.59. The minimum absolute atomic E-state index is 0.206. The molecule has 0 unspecified atom stereocenters. The molecule has 2 saturated heterocycles. The maximum atomic E-state index is 13.4. The molecule has 1 amide bonds. The van der Waals surface area contributed by atoms with Gasteiger partial charge in [-0.2, -0.15) is 0 Å². The third kappa shape index (κ3) is 3.99. The molecule has 1 aromatic carbocycles. The number of anilines is 1. The number of hydrogen-bond acceptors (Lipinski definition) is 4. The maximum Gasteiger partial charge on any atom is 0.230 e. The highest BCUT2D eigenvalue weighted by atomic mass is 19.1. The Hall–Kier alpha value is -2.47. The second-order valence-corrected chi connectivity index (χ2v) is 8.59. The van der Waals surface area contributed by atoms with Crippen LogP contribution in [0.25, 0.3) is 0 Å². The van der Waals surface area contributed by atoms with Crippen molar-refractivity contribution in [1.29, 1.82) is 0 Å². The van der Waals surface area contributed by atoms with E-state index in [1.807, 2.05) is 50.6 Å². The van der Waals surface area contributed by atoms with E-state index in [2.05, 4.69) is 14.8 Å². The zero-order valence-electron chi connectivity index (χ0n) is 17.2. The van der Waals surface area contributed by atoms with Crippen LogP contribution >= 0.6 is 0 Å². The first-order valence-corrected chi connectivity index (χ1v) is 10.3. The van der Waals surface area contributed by atoms with Gasteiger partial charge in [-0.15, -0.1) is 0 Å². The Morgan fingerprint density at radius 1 is 1.21 bits per heavy atom. The first-order valence-electron chi connectivity index (χ1n) is 10.3. The van der Waals surface area contributed by atoms with Crippen LogP contribution in [0.3, 0.4) is 0 Å². The Morgan fingerprint density at radius 3 is 2.69 bits per heavy atom. The van der Waals surface area contributed by atoms with Crippen molar-refractivity contribution >= 4 is 11.7 Å². The van der Waals surface area contributed by atoms with Gasteiger partial charge in [0, 0.05) is 52.4 Å². The molecule has 154 valence electrons. The second kappa shape index (κ2) is 8.11. The summed E-state index contributed by atoms with van der Waals surface area (Å²) >= 11 is 0. The van der Waals surface area contributed by atoms with E-state index in [0.717, 1.165) is 56.9 Å². The van der Waals surface area contributed by atoms with Crippen molar-refractivity contribution in [1.82, 2.24) is 14.8 Å². The third-order valence-electron chi connectivity index (χ3n) is 6.40. The molecular weight excluding hydrogens is 367 g/mol. The summed E-state index contributed by atoms with van der Waals surface area (Å²) in [4.78, 5) is 24.3. The van der Waals surface area contributed by atoms with E-state index in [-0.39, 0.29) is 23.1 Å². The minimum atomic E-state index is -0.376. The van der Waals surface area contributed by atoms with Crippen LogP contribution in [0.2, 0.25) is 0 Å². The fourth-order valence-corrected chi connectivity index (χ4v) is 5.01. The van der Waals surface area contributed by atoms with Gasteiger partial charge in [-0.3, -0.25) is 9.69 Å². The number of rotatable bonds is 4. The fraction of sp³-hybridized carbons (Fsp3) is 0.478. The molecule has 4 rings (SSSR count). The molecule has 0 spiro atoms. The van der Waals surface area contributed by atoms with Gasteiger partial charge in [-0.25, -0.2) is 9.37 Å². The molecular formula is C23H29FN4O. The largest absolute Gasteiger partial charge is 0.355 e. The zero-order valence-corrected chi connectivity index (χ0v) is 17.2. The van der Waals surface area contributed by atoms with E-state index >= 15 is 0 Å². The molecule has 2 fully saturated rings. The van der Waals surface area contributed by atoms with Crippen molar-refractivity contribution in [3.05, 3.63) is 60.0 Å². The number of halogens is 1. The number of hydrogen-bond donors (Lipinski definition) is 0. The Morgan fingerprint density at radius 2 is 2.00 bits per heavy atom. The van der Waals surface area contributed by atoms with Crippen LogP contribution in [0.4, 0.5) is 10.2 Å². The third-order valence-corrected chi connectivity index (χ3v) is 6.40. The number of benzene rings is 1. The standard InChI is InChI=1S/C23H29FN4O/c1-26(2)22(29)23-11-5-13-27(14-18-7-9-20(24)10-8-18)15-19(23)16-28(17-23)21-6-3-4-12-25-21/h3-4,6-10,12,19H,5,11,13-17H2,1-2H3/t19-,23-/m0/s1. The smallest absolute Gasteiger partial charge is 0.230 e. The lowest BCUT2D eigenvalue weighted by molar-refractivity contribution is -0.141. The van der Waals surface area contributed by atoms with Crippen molar-refractivity contribution in [2.75, 3.05) is 45.2 Å². The van der Waals surface area contributed by atoms with E-state index in [1.165, 1.54) is 12.1 Å². The monoisotopic (exact) mass is 396 g/mol. The average Bonchev–Trinajstić information content (AvgIpc) is 3.00. The topological polar surface area (TPSA) is 39.7 Å². The molecule has 2 atom stereocenters. The molecule has 0 saturated carbocycles. The molecule has 29 heavy (non-hydrogen) atoms. The lowest BCUT2D eigenvalue weighted by Gasteiger charge is -2.34. The quantitative estimate of drug-likeness (QED) is 0.797. The Bertz CT molecular complexity index is 842. The summed E-state index contributed by atoms with van der Waals surface area (Å²) in [6.07, 6.45) is 3.68. The Balaban J connectivity index is 1.58. The molecule has 6 heteroatoms. The van der Waals surface area contributed by atoms with Gasteiger partial charge in [-0.05, 0) is 49.2 Å². The molecule has 2 aromatic rings. The summed E-state index contributed by atoms with van der Waals surface area (Å²) < 4.78 is 13.3. The summed E-state index contributed by atoms with van der Waals surface area (Å²) in [5, 5.41) is 0. The number of nitrogens with zero attached hydrogens (tertiary/aromatic N) is 4. The van der Waals surface area contributed by atoms with Crippen LogP contribution in [0.5, 0.6) is 0 Å². The van der Waals surface area contributed by atoms with Gasteiger partial charge < -0.3 is 9.80 Å². The molecule has 0 radical (unpaired) electrons. The van der Waals surface area contributed by atoms with E-state index < -0.39 is 0 Å². The molecule has 0 N–H and O–H groups in total. The number of aromatic nitrogens is 1. The highest BCUT2D eigenvalue weighted by Crippen LogP contribution is 2.45. The Labute approximate surface area is 172 Å². The SMILES string of the molecule is CN(C)C(=O)[C@]12CCCN(Cc3ccc(F)cc3)C[C@H]1CN(c1ccccn1)C2.